The number of hydrogen-bond donors (Lipinski definition) is 1. The van der Waals surface area contributed by atoms with Crippen LogP contribution in [0.25, 0.3) is 0 Å². The molecule has 1 N–H and O–H groups in total. The maximum absolute atomic E-state index is 10.8. The van der Waals surface area contributed by atoms with Crippen LogP contribution in [0.5, 0.6) is 5.75 Å². The fourth-order valence-corrected chi connectivity index (χ4v) is 2.49. The van der Waals surface area contributed by atoms with Gasteiger partial charge in [0, 0.05) is 13.7 Å². The molecule has 0 aliphatic heterocycles. The van der Waals surface area contributed by atoms with Crippen molar-refractivity contribution in [3.63, 3.8) is 0 Å². The van der Waals surface area contributed by atoms with Gasteiger partial charge < -0.3 is 14.6 Å². The number of aromatic nitrogens is 2. The molecule has 0 saturated carbocycles. The van der Waals surface area contributed by atoms with E-state index in [9.17, 15) is 5.11 Å². The third-order valence-electron chi connectivity index (χ3n) is 3.86. The zero-order chi connectivity index (χ0) is 14.5. The molecule has 19 heavy (non-hydrogen) atoms. The van der Waals surface area contributed by atoms with Crippen molar-refractivity contribution >= 4 is 0 Å². The van der Waals surface area contributed by atoms with E-state index in [4.69, 9.17) is 9.47 Å². The molecule has 0 bridgehead atoms. The average Bonchev–Trinajstić information content (AvgIpc) is 2.84. The number of aliphatic hydroxyl groups is 1. The second-order valence-corrected chi connectivity index (χ2v) is 4.70. The van der Waals surface area contributed by atoms with Crippen molar-refractivity contribution in [1.82, 2.24) is 9.78 Å². The van der Waals surface area contributed by atoms with Crippen molar-refractivity contribution in [1.29, 1.82) is 0 Å². The van der Waals surface area contributed by atoms with E-state index in [1.54, 1.807) is 20.4 Å². The Morgan fingerprint density at radius 3 is 2.37 bits per heavy atom. The zero-order valence-corrected chi connectivity index (χ0v) is 12.6. The zero-order valence-electron chi connectivity index (χ0n) is 12.6. The minimum Gasteiger partial charge on any atom is -0.493 e. The van der Waals surface area contributed by atoms with Crippen LogP contribution >= 0.6 is 0 Å². The molecule has 0 saturated heterocycles. The van der Waals surface area contributed by atoms with Gasteiger partial charge in [0.2, 0.25) is 0 Å². The van der Waals surface area contributed by atoms with Crippen LogP contribution in [0.15, 0.2) is 6.20 Å². The highest BCUT2D eigenvalue weighted by molar-refractivity contribution is 5.29. The van der Waals surface area contributed by atoms with E-state index in [-0.39, 0.29) is 0 Å². The van der Waals surface area contributed by atoms with Gasteiger partial charge in [-0.2, -0.15) is 5.10 Å². The Kier molecular flexibility index (Phi) is 5.82. The first-order chi connectivity index (χ1) is 9.10. The number of hydrogen-bond acceptors (Lipinski definition) is 4. The molecule has 1 aromatic heterocycles. The molecule has 0 aromatic carbocycles. The van der Waals surface area contributed by atoms with E-state index >= 15 is 0 Å². The first-order valence-corrected chi connectivity index (χ1v) is 6.93. The van der Waals surface area contributed by atoms with Crippen LogP contribution in [0.3, 0.4) is 0 Å². The van der Waals surface area contributed by atoms with Gasteiger partial charge in [0.15, 0.2) is 5.75 Å². The Hall–Kier alpha value is -1.07. The van der Waals surface area contributed by atoms with Gasteiger partial charge in [0.1, 0.15) is 11.8 Å². The molecule has 5 heteroatoms. The molecule has 0 amide bonds. The van der Waals surface area contributed by atoms with Crippen molar-refractivity contribution in [2.24, 2.45) is 0 Å². The Bertz CT molecular complexity index is 378. The summed E-state index contributed by atoms with van der Waals surface area (Å²) in [5.41, 5.74) is 0.105. The number of aliphatic hydroxyl groups excluding tert-OH is 1. The standard InChI is InChI=1S/C14H26N2O3/c1-6-9-16-12(11(18-4)10-15-16)13(17)14(7-2,8-3)19-5/h10,13,17H,6-9H2,1-5H3. The summed E-state index contributed by atoms with van der Waals surface area (Å²) in [6.45, 7) is 6.86. The van der Waals surface area contributed by atoms with Crippen LogP contribution in [-0.2, 0) is 11.3 Å². The Morgan fingerprint density at radius 2 is 1.95 bits per heavy atom. The van der Waals surface area contributed by atoms with Crippen molar-refractivity contribution in [2.45, 2.75) is 58.3 Å². The highest BCUT2D eigenvalue weighted by Crippen LogP contribution is 2.38. The summed E-state index contributed by atoms with van der Waals surface area (Å²) in [7, 11) is 3.24. The van der Waals surface area contributed by atoms with Gasteiger partial charge in [-0.1, -0.05) is 20.8 Å². The van der Waals surface area contributed by atoms with E-state index < -0.39 is 11.7 Å². The Morgan fingerprint density at radius 1 is 1.32 bits per heavy atom. The Labute approximate surface area is 115 Å². The first kappa shape index (κ1) is 16.0. The van der Waals surface area contributed by atoms with Gasteiger partial charge in [-0.3, -0.25) is 4.68 Å². The molecule has 1 heterocycles. The SMILES string of the molecule is CCCn1ncc(OC)c1C(O)C(CC)(CC)OC. The van der Waals surface area contributed by atoms with Crippen LogP contribution in [0.1, 0.15) is 51.8 Å². The summed E-state index contributed by atoms with van der Waals surface area (Å²) >= 11 is 0. The third-order valence-corrected chi connectivity index (χ3v) is 3.86. The van der Waals surface area contributed by atoms with E-state index in [2.05, 4.69) is 12.0 Å². The molecule has 0 fully saturated rings. The normalized spacial score (nSPS) is 13.6. The van der Waals surface area contributed by atoms with Crippen molar-refractivity contribution in [2.75, 3.05) is 14.2 Å². The second kappa shape index (κ2) is 6.91. The predicted octanol–water partition coefficient (Wildman–Crippen LogP) is 2.54. The van der Waals surface area contributed by atoms with E-state index in [1.807, 2.05) is 18.5 Å². The first-order valence-electron chi connectivity index (χ1n) is 6.93. The fourth-order valence-electron chi connectivity index (χ4n) is 2.49. The van der Waals surface area contributed by atoms with Gasteiger partial charge in [-0.15, -0.1) is 0 Å². The van der Waals surface area contributed by atoms with Gasteiger partial charge in [-0.05, 0) is 19.3 Å². The lowest BCUT2D eigenvalue weighted by Crippen LogP contribution is -2.38. The molecule has 0 spiro atoms. The highest BCUT2D eigenvalue weighted by atomic mass is 16.5. The molecular formula is C14H26N2O3. The molecule has 1 rings (SSSR count). The lowest BCUT2D eigenvalue weighted by Gasteiger charge is -2.35. The largest absolute Gasteiger partial charge is 0.493 e. The number of ether oxygens (including phenoxy) is 2. The molecule has 0 aliphatic carbocycles. The van der Waals surface area contributed by atoms with Gasteiger partial charge in [-0.25, -0.2) is 0 Å². The second-order valence-electron chi connectivity index (χ2n) is 4.70. The minimum atomic E-state index is -0.753. The van der Waals surface area contributed by atoms with E-state index in [1.165, 1.54) is 0 Å². The number of methoxy groups -OCH3 is 2. The molecule has 0 aliphatic rings. The van der Waals surface area contributed by atoms with Gasteiger partial charge in [0.25, 0.3) is 0 Å². The number of rotatable bonds is 8. The maximum Gasteiger partial charge on any atom is 0.162 e. The third kappa shape index (κ3) is 2.92. The quantitative estimate of drug-likeness (QED) is 0.788. The summed E-state index contributed by atoms with van der Waals surface area (Å²) in [6, 6.07) is 0. The van der Waals surface area contributed by atoms with Crippen molar-refractivity contribution < 1.29 is 14.6 Å². The van der Waals surface area contributed by atoms with Crippen LogP contribution in [0.2, 0.25) is 0 Å². The molecular weight excluding hydrogens is 244 g/mol. The van der Waals surface area contributed by atoms with Crippen LogP contribution in [0.4, 0.5) is 0 Å². The molecule has 1 unspecified atom stereocenters. The van der Waals surface area contributed by atoms with Gasteiger partial charge in [0.05, 0.1) is 18.9 Å². The van der Waals surface area contributed by atoms with Gasteiger partial charge >= 0.3 is 0 Å². The van der Waals surface area contributed by atoms with Crippen LogP contribution in [-0.4, -0.2) is 34.7 Å². The number of nitrogens with zero attached hydrogens (tertiary/aromatic N) is 2. The molecule has 1 aromatic rings. The topological polar surface area (TPSA) is 56.5 Å². The lowest BCUT2D eigenvalue weighted by molar-refractivity contribution is -0.113. The van der Waals surface area contributed by atoms with Crippen molar-refractivity contribution in [3.05, 3.63) is 11.9 Å². The summed E-state index contributed by atoms with van der Waals surface area (Å²) in [6.07, 6.45) is 3.29. The number of aryl methyl sites for hydroxylation is 1. The molecule has 1 atom stereocenters. The maximum atomic E-state index is 10.8. The molecule has 110 valence electrons. The lowest BCUT2D eigenvalue weighted by atomic mass is 9.88. The Balaban J connectivity index is 3.22. The summed E-state index contributed by atoms with van der Waals surface area (Å²) in [4.78, 5) is 0. The van der Waals surface area contributed by atoms with Crippen LogP contribution < -0.4 is 4.74 Å². The minimum absolute atomic E-state index is 0.598. The summed E-state index contributed by atoms with van der Waals surface area (Å²) < 4.78 is 12.7. The van der Waals surface area contributed by atoms with Crippen LogP contribution in [0, 0.1) is 0 Å². The monoisotopic (exact) mass is 270 g/mol. The summed E-state index contributed by atoms with van der Waals surface area (Å²) in [5, 5.41) is 15.1. The fraction of sp³-hybridized carbons (Fsp3) is 0.786. The van der Waals surface area contributed by atoms with E-state index in [0.29, 0.717) is 11.4 Å². The molecule has 0 radical (unpaired) electrons. The highest BCUT2D eigenvalue weighted by Gasteiger charge is 2.39. The summed E-state index contributed by atoms with van der Waals surface area (Å²) in [5.74, 6) is 0.615. The predicted molar refractivity (Wildman–Crippen MR) is 74.4 cm³/mol. The average molecular weight is 270 g/mol. The van der Waals surface area contributed by atoms with Crippen molar-refractivity contribution in [3.8, 4) is 5.75 Å². The van der Waals surface area contributed by atoms with E-state index in [0.717, 1.165) is 25.8 Å². The smallest absolute Gasteiger partial charge is 0.162 e. The molecule has 5 nitrogen and oxygen atoms in total.